The van der Waals surface area contributed by atoms with Gasteiger partial charge < -0.3 is 21.9 Å². The number of benzene rings is 1. The number of nitrogen functional groups attached to an aromatic ring is 1. The smallest absolute Gasteiger partial charge is 0.250 e. The van der Waals surface area contributed by atoms with Crippen LogP contribution < -0.4 is 16.8 Å². The molecule has 0 saturated heterocycles. The minimum Gasteiger partial charge on any atom is -0.399 e. The van der Waals surface area contributed by atoms with Crippen molar-refractivity contribution in [2.24, 2.45) is 11.7 Å². The van der Waals surface area contributed by atoms with E-state index in [4.69, 9.17) is 16.6 Å². The normalized spacial score (nSPS) is 12.1. The molecule has 0 saturated carbocycles. The Kier molecular flexibility index (Phi) is 5.45. The summed E-state index contributed by atoms with van der Waals surface area (Å²) in [7, 11) is 0. The zero-order valence-electron chi connectivity index (χ0n) is 10.6. The van der Waals surface area contributed by atoms with E-state index in [0.717, 1.165) is 12.8 Å². The summed E-state index contributed by atoms with van der Waals surface area (Å²) in [6, 6.07) is 4.97. The minimum absolute atomic E-state index is 0.166. The molecule has 0 heterocycles. The molecule has 0 bridgehead atoms. The molecule has 1 amide bonds. The molecule has 6 N–H and O–H groups in total. The van der Waals surface area contributed by atoms with Crippen LogP contribution in [0.5, 0.6) is 0 Å². The number of aliphatic hydroxyl groups is 1. The van der Waals surface area contributed by atoms with Crippen molar-refractivity contribution in [2.75, 3.05) is 24.2 Å². The Labute approximate surface area is 107 Å². The zero-order chi connectivity index (χ0) is 13.5. The van der Waals surface area contributed by atoms with E-state index in [1.807, 2.05) is 0 Å². The van der Waals surface area contributed by atoms with E-state index in [2.05, 4.69) is 12.2 Å². The maximum absolute atomic E-state index is 11.3. The Morgan fingerprint density at radius 3 is 2.78 bits per heavy atom. The van der Waals surface area contributed by atoms with E-state index in [0.29, 0.717) is 29.4 Å². The molecule has 5 heteroatoms. The Morgan fingerprint density at radius 1 is 1.50 bits per heavy atom. The number of carbonyl (C=O) groups excluding carboxylic acids is 1. The van der Waals surface area contributed by atoms with Crippen LogP contribution in [0.1, 0.15) is 30.1 Å². The molecule has 1 aromatic carbocycles. The highest BCUT2D eigenvalue weighted by Crippen LogP contribution is 2.20. The average molecular weight is 251 g/mol. The molecule has 1 aromatic rings. The Hall–Kier alpha value is -1.75. The van der Waals surface area contributed by atoms with Gasteiger partial charge in [-0.1, -0.05) is 13.3 Å². The minimum atomic E-state index is -0.479. The molecule has 0 aromatic heterocycles. The highest BCUT2D eigenvalue weighted by atomic mass is 16.3. The van der Waals surface area contributed by atoms with Crippen molar-refractivity contribution < 1.29 is 9.90 Å². The second-order valence-electron chi connectivity index (χ2n) is 4.34. The van der Waals surface area contributed by atoms with Gasteiger partial charge in [-0.3, -0.25) is 4.79 Å². The van der Waals surface area contributed by atoms with E-state index < -0.39 is 5.91 Å². The van der Waals surface area contributed by atoms with E-state index in [1.165, 1.54) is 0 Å². The fourth-order valence-corrected chi connectivity index (χ4v) is 1.81. The van der Waals surface area contributed by atoms with Gasteiger partial charge >= 0.3 is 0 Å². The van der Waals surface area contributed by atoms with Gasteiger partial charge in [0.2, 0.25) is 0 Å². The molecule has 1 rings (SSSR count). The van der Waals surface area contributed by atoms with Gasteiger partial charge in [-0.15, -0.1) is 0 Å². The van der Waals surface area contributed by atoms with Crippen LogP contribution in [0.2, 0.25) is 0 Å². The third-order valence-electron chi connectivity index (χ3n) is 3.00. The topological polar surface area (TPSA) is 101 Å². The van der Waals surface area contributed by atoms with Crippen molar-refractivity contribution in [2.45, 2.75) is 19.8 Å². The number of anilines is 2. The van der Waals surface area contributed by atoms with Crippen molar-refractivity contribution in [3.8, 4) is 0 Å². The molecule has 0 aliphatic heterocycles. The van der Waals surface area contributed by atoms with Crippen LogP contribution in [0.3, 0.4) is 0 Å². The maximum atomic E-state index is 11.3. The number of primary amides is 1. The van der Waals surface area contributed by atoms with Crippen molar-refractivity contribution in [3.05, 3.63) is 23.8 Å². The second-order valence-corrected chi connectivity index (χ2v) is 4.34. The first-order valence-electron chi connectivity index (χ1n) is 6.12. The average Bonchev–Trinajstić information content (AvgIpc) is 2.34. The Balaban J connectivity index is 2.76. The first-order chi connectivity index (χ1) is 8.58. The number of rotatable bonds is 7. The number of nitrogens with two attached hydrogens (primary N) is 2. The molecule has 0 aliphatic carbocycles. The summed E-state index contributed by atoms with van der Waals surface area (Å²) in [6.45, 7) is 2.91. The molecule has 0 fully saturated rings. The summed E-state index contributed by atoms with van der Waals surface area (Å²) in [4.78, 5) is 11.3. The standard InChI is InChI=1S/C13H21N3O2/c1-2-9(5-6-17)8-16-12-7-10(14)3-4-11(12)13(15)18/h3-4,7,9,16-17H,2,5-6,8,14H2,1H3,(H2,15,18). The van der Waals surface area contributed by atoms with Crippen LogP contribution in [-0.4, -0.2) is 24.2 Å². The lowest BCUT2D eigenvalue weighted by Crippen LogP contribution is -2.19. The first kappa shape index (κ1) is 14.3. The van der Waals surface area contributed by atoms with E-state index in [9.17, 15) is 4.79 Å². The summed E-state index contributed by atoms with van der Waals surface area (Å²) >= 11 is 0. The molecule has 18 heavy (non-hydrogen) atoms. The summed E-state index contributed by atoms with van der Waals surface area (Å²) < 4.78 is 0. The van der Waals surface area contributed by atoms with Crippen molar-refractivity contribution >= 4 is 17.3 Å². The monoisotopic (exact) mass is 251 g/mol. The maximum Gasteiger partial charge on any atom is 0.250 e. The van der Waals surface area contributed by atoms with Gasteiger partial charge in [0.1, 0.15) is 0 Å². The number of nitrogens with one attached hydrogen (secondary N) is 1. The highest BCUT2D eigenvalue weighted by Gasteiger charge is 2.10. The molecule has 1 unspecified atom stereocenters. The summed E-state index contributed by atoms with van der Waals surface area (Å²) in [5, 5.41) is 12.1. The Bertz CT molecular complexity index is 407. The number of carbonyl (C=O) groups is 1. The predicted molar refractivity (Wildman–Crippen MR) is 73.3 cm³/mol. The first-order valence-corrected chi connectivity index (χ1v) is 6.12. The predicted octanol–water partition coefficient (Wildman–Crippen LogP) is 1.19. The van der Waals surface area contributed by atoms with Crippen LogP contribution in [0.25, 0.3) is 0 Å². The Morgan fingerprint density at radius 2 is 2.22 bits per heavy atom. The van der Waals surface area contributed by atoms with Crippen LogP contribution >= 0.6 is 0 Å². The number of hydrogen-bond acceptors (Lipinski definition) is 4. The van der Waals surface area contributed by atoms with Gasteiger partial charge in [0.05, 0.1) is 5.56 Å². The summed E-state index contributed by atoms with van der Waals surface area (Å²) in [5.41, 5.74) is 12.7. The number of amides is 1. The fraction of sp³-hybridized carbons (Fsp3) is 0.462. The third kappa shape index (κ3) is 3.92. The highest BCUT2D eigenvalue weighted by molar-refractivity contribution is 5.99. The van der Waals surface area contributed by atoms with Crippen molar-refractivity contribution in [1.82, 2.24) is 0 Å². The number of hydrogen-bond donors (Lipinski definition) is 4. The lowest BCUT2D eigenvalue weighted by atomic mass is 10.0. The van der Waals surface area contributed by atoms with Crippen LogP contribution in [0, 0.1) is 5.92 Å². The lowest BCUT2D eigenvalue weighted by Gasteiger charge is -2.17. The van der Waals surface area contributed by atoms with Gasteiger partial charge in [0, 0.05) is 24.5 Å². The summed E-state index contributed by atoms with van der Waals surface area (Å²) in [5.74, 6) is -0.120. The SMILES string of the molecule is CCC(CCO)CNc1cc(N)ccc1C(N)=O. The van der Waals surface area contributed by atoms with Crippen LogP contribution in [0.4, 0.5) is 11.4 Å². The second kappa shape index (κ2) is 6.86. The third-order valence-corrected chi connectivity index (χ3v) is 3.00. The van der Waals surface area contributed by atoms with Gasteiger partial charge in [0.25, 0.3) is 5.91 Å². The van der Waals surface area contributed by atoms with Gasteiger partial charge in [-0.2, -0.15) is 0 Å². The lowest BCUT2D eigenvalue weighted by molar-refractivity contribution is 0.100. The molecule has 0 aliphatic rings. The summed E-state index contributed by atoms with van der Waals surface area (Å²) in [6.07, 6.45) is 1.69. The van der Waals surface area contributed by atoms with Crippen LogP contribution in [0.15, 0.2) is 18.2 Å². The quantitative estimate of drug-likeness (QED) is 0.547. The molecule has 0 spiro atoms. The van der Waals surface area contributed by atoms with Crippen LogP contribution in [-0.2, 0) is 0 Å². The van der Waals surface area contributed by atoms with E-state index >= 15 is 0 Å². The molecular weight excluding hydrogens is 230 g/mol. The van der Waals surface area contributed by atoms with E-state index in [-0.39, 0.29) is 6.61 Å². The van der Waals surface area contributed by atoms with Gasteiger partial charge in [-0.05, 0) is 30.5 Å². The largest absolute Gasteiger partial charge is 0.399 e. The fourth-order valence-electron chi connectivity index (χ4n) is 1.81. The number of aliphatic hydroxyl groups excluding tert-OH is 1. The van der Waals surface area contributed by atoms with E-state index in [1.54, 1.807) is 18.2 Å². The van der Waals surface area contributed by atoms with Crippen molar-refractivity contribution in [1.29, 1.82) is 0 Å². The van der Waals surface area contributed by atoms with Crippen molar-refractivity contribution in [3.63, 3.8) is 0 Å². The molecule has 100 valence electrons. The van der Waals surface area contributed by atoms with Gasteiger partial charge in [0.15, 0.2) is 0 Å². The molecule has 0 radical (unpaired) electrons. The zero-order valence-corrected chi connectivity index (χ0v) is 10.6. The van der Waals surface area contributed by atoms with Gasteiger partial charge in [-0.25, -0.2) is 0 Å². The molecule has 1 atom stereocenters. The molecular formula is C13H21N3O2. The molecule has 5 nitrogen and oxygen atoms in total.